The number of nitrogens with one attached hydrogen (secondary N) is 1. The van der Waals surface area contributed by atoms with Crippen molar-refractivity contribution in [2.75, 3.05) is 25.4 Å². The summed E-state index contributed by atoms with van der Waals surface area (Å²) in [5.74, 6) is 0.641. The van der Waals surface area contributed by atoms with E-state index in [1.54, 1.807) is 0 Å². The molecule has 1 aliphatic heterocycles. The van der Waals surface area contributed by atoms with Crippen LogP contribution in [0.3, 0.4) is 0 Å². The highest BCUT2D eigenvalue weighted by atomic mass is 35.5. The Kier molecular flexibility index (Phi) is 7.00. The van der Waals surface area contributed by atoms with Crippen LogP contribution in [0.15, 0.2) is 29.2 Å². The Labute approximate surface area is 129 Å². The van der Waals surface area contributed by atoms with Gasteiger partial charge >= 0.3 is 0 Å². The third-order valence-corrected chi connectivity index (χ3v) is 4.51. The summed E-state index contributed by atoms with van der Waals surface area (Å²) in [5.41, 5.74) is 0. The molecule has 0 spiro atoms. The summed E-state index contributed by atoms with van der Waals surface area (Å²) in [7, 11) is 0. The highest BCUT2D eigenvalue weighted by Crippen LogP contribution is 2.26. The van der Waals surface area contributed by atoms with Crippen molar-refractivity contribution in [3.8, 4) is 0 Å². The smallest absolute Gasteiger partial charge is 0.233 e. The molecule has 2 rings (SSSR count). The fraction of sp³-hybridized carbons (Fsp3) is 0.462. The number of hydrogen-bond acceptors (Lipinski definition) is 3. The predicted octanol–water partition coefficient (Wildman–Crippen LogP) is 2.67. The van der Waals surface area contributed by atoms with Crippen molar-refractivity contribution in [1.29, 1.82) is 0 Å². The van der Waals surface area contributed by atoms with Gasteiger partial charge in [0.25, 0.3) is 0 Å². The number of halogens is 2. The van der Waals surface area contributed by atoms with Gasteiger partial charge in [0.15, 0.2) is 0 Å². The summed E-state index contributed by atoms with van der Waals surface area (Å²) < 4.78 is 0. The van der Waals surface area contributed by atoms with Gasteiger partial charge in [-0.1, -0.05) is 23.7 Å². The number of thioether (sulfide) groups is 1. The quantitative estimate of drug-likeness (QED) is 0.869. The van der Waals surface area contributed by atoms with Crippen LogP contribution in [0.5, 0.6) is 0 Å². The fourth-order valence-corrected chi connectivity index (χ4v) is 3.12. The van der Waals surface area contributed by atoms with Gasteiger partial charge < -0.3 is 10.2 Å². The summed E-state index contributed by atoms with van der Waals surface area (Å²) in [4.78, 5) is 15.0. The van der Waals surface area contributed by atoms with Crippen molar-refractivity contribution < 1.29 is 4.79 Å². The Balaban J connectivity index is 0.00000180. The van der Waals surface area contributed by atoms with Crippen molar-refractivity contribution in [3.63, 3.8) is 0 Å². The number of nitrogens with zero attached hydrogens (tertiary/aromatic N) is 1. The zero-order valence-corrected chi connectivity index (χ0v) is 13.2. The molecule has 1 fully saturated rings. The topological polar surface area (TPSA) is 32.3 Å². The van der Waals surface area contributed by atoms with Gasteiger partial charge in [-0.15, -0.1) is 24.2 Å². The van der Waals surface area contributed by atoms with Gasteiger partial charge in [0.05, 0.1) is 10.8 Å². The summed E-state index contributed by atoms with van der Waals surface area (Å²) in [5, 5.41) is 3.99. The van der Waals surface area contributed by atoms with E-state index < -0.39 is 0 Å². The molecule has 1 N–H and O–H groups in total. The summed E-state index contributed by atoms with van der Waals surface area (Å²) in [6, 6.07) is 7.90. The van der Waals surface area contributed by atoms with Crippen molar-refractivity contribution in [2.24, 2.45) is 0 Å². The summed E-state index contributed by atoms with van der Waals surface area (Å²) in [6.45, 7) is 4.63. The molecule has 1 saturated heterocycles. The normalized spacial score (nSPS) is 18.8. The van der Waals surface area contributed by atoms with E-state index in [9.17, 15) is 4.79 Å². The number of piperazine rings is 1. The molecule has 106 valence electrons. The number of amides is 1. The average Bonchev–Trinajstić information content (AvgIpc) is 2.38. The molecule has 1 aliphatic rings. The second kappa shape index (κ2) is 8.00. The molecule has 0 bridgehead atoms. The Bertz CT molecular complexity index is 431. The molecule has 1 aromatic carbocycles. The number of carbonyl (C=O) groups is 1. The summed E-state index contributed by atoms with van der Waals surface area (Å²) in [6.07, 6.45) is 0. The number of hydrogen-bond donors (Lipinski definition) is 1. The van der Waals surface area contributed by atoms with Crippen LogP contribution in [0, 0.1) is 0 Å². The van der Waals surface area contributed by atoms with Crippen molar-refractivity contribution in [3.05, 3.63) is 29.3 Å². The first-order valence-electron chi connectivity index (χ1n) is 6.06. The molecule has 6 heteroatoms. The number of benzene rings is 1. The van der Waals surface area contributed by atoms with Crippen LogP contribution in [0.25, 0.3) is 0 Å². The minimum Gasteiger partial charge on any atom is -0.337 e. The van der Waals surface area contributed by atoms with Crippen LogP contribution < -0.4 is 5.32 Å². The Morgan fingerprint density at radius 3 is 2.95 bits per heavy atom. The molecule has 1 amide bonds. The third kappa shape index (κ3) is 4.56. The van der Waals surface area contributed by atoms with Crippen LogP contribution >= 0.6 is 35.8 Å². The van der Waals surface area contributed by atoms with Gasteiger partial charge in [0.1, 0.15) is 0 Å². The van der Waals surface area contributed by atoms with Crippen LogP contribution in [0.4, 0.5) is 0 Å². The minimum absolute atomic E-state index is 0. The van der Waals surface area contributed by atoms with Crippen LogP contribution in [0.2, 0.25) is 5.02 Å². The maximum Gasteiger partial charge on any atom is 0.233 e. The van der Waals surface area contributed by atoms with E-state index in [0.717, 1.165) is 24.5 Å². The first kappa shape index (κ1) is 16.6. The van der Waals surface area contributed by atoms with E-state index in [4.69, 9.17) is 11.6 Å². The van der Waals surface area contributed by atoms with Crippen molar-refractivity contribution in [1.82, 2.24) is 10.2 Å². The van der Waals surface area contributed by atoms with Crippen molar-refractivity contribution in [2.45, 2.75) is 17.9 Å². The standard InChI is InChI=1S/C13H17ClN2OS.ClH/c1-10-8-15-6-7-16(10)13(17)9-18-12-5-3-2-4-11(12)14;/h2-5,10,15H,6-9H2,1H3;1H/t10-;/m0./s1. The first-order chi connectivity index (χ1) is 8.68. The lowest BCUT2D eigenvalue weighted by Gasteiger charge is -2.34. The second-order valence-corrected chi connectivity index (χ2v) is 5.78. The molecule has 19 heavy (non-hydrogen) atoms. The van der Waals surface area contributed by atoms with E-state index in [-0.39, 0.29) is 24.4 Å². The number of rotatable bonds is 3. The average molecular weight is 321 g/mol. The zero-order valence-electron chi connectivity index (χ0n) is 10.8. The maximum absolute atomic E-state index is 12.1. The largest absolute Gasteiger partial charge is 0.337 e. The van der Waals surface area contributed by atoms with E-state index in [1.165, 1.54) is 11.8 Å². The Morgan fingerprint density at radius 1 is 1.53 bits per heavy atom. The van der Waals surface area contributed by atoms with E-state index in [1.807, 2.05) is 29.2 Å². The molecule has 1 atom stereocenters. The lowest BCUT2D eigenvalue weighted by Crippen LogP contribution is -2.52. The van der Waals surface area contributed by atoms with E-state index >= 15 is 0 Å². The Morgan fingerprint density at radius 2 is 2.26 bits per heavy atom. The fourth-order valence-electron chi connectivity index (χ4n) is 2.00. The van der Waals surface area contributed by atoms with Crippen LogP contribution in [-0.4, -0.2) is 42.2 Å². The molecule has 1 aromatic rings. The lowest BCUT2D eigenvalue weighted by atomic mass is 10.2. The van der Waals surface area contributed by atoms with Gasteiger partial charge in [0.2, 0.25) is 5.91 Å². The molecule has 0 unspecified atom stereocenters. The molecule has 0 radical (unpaired) electrons. The predicted molar refractivity (Wildman–Crippen MR) is 83.5 cm³/mol. The van der Waals surface area contributed by atoms with Gasteiger partial charge in [-0.05, 0) is 19.1 Å². The monoisotopic (exact) mass is 320 g/mol. The molecular weight excluding hydrogens is 303 g/mol. The zero-order chi connectivity index (χ0) is 13.0. The molecule has 0 aromatic heterocycles. The highest BCUT2D eigenvalue weighted by molar-refractivity contribution is 8.00. The van der Waals surface area contributed by atoms with Gasteiger partial charge in [0, 0.05) is 30.6 Å². The molecular formula is C13H18Cl2N2OS. The summed E-state index contributed by atoms with van der Waals surface area (Å²) >= 11 is 7.57. The molecule has 0 saturated carbocycles. The van der Waals surface area contributed by atoms with E-state index in [2.05, 4.69) is 12.2 Å². The number of carbonyl (C=O) groups excluding carboxylic acids is 1. The molecule has 0 aliphatic carbocycles. The van der Waals surface area contributed by atoms with Gasteiger partial charge in [-0.2, -0.15) is 0 Å². The Hall–Kier alpha value is -0.420. The van der Waals surface area contributed by atoms with Crippen molar-refractivity contribution >= 4 is 41.7 Å². The molecule has 1 heterocycles. The van der Waals surface area contributed by atoms with Crippen LogP contribution in [0.1, 0.15) is 6.92 Å². The van der Waals surface area contributed by atoms with Gasteiger partial charge in [-0.25, -0.2) is 0 Å². The third-order valence-electron chi connectivity index (χ3n) is 3.01. The minimum atomic E-state index is 0. The highest BCUT2D eigenvalue weighted by Gasteiger charge is 2.22. The first-order valence-corrected chi connectivity index (χ1v) is 7.42. The SMILES string of the molecule is C[C@H]1CNCCN1C(=O)CSc1ccccc1Cl.Cl. The molecule has 3 nitrogen and oxygen atoms in total. The van der Waals surface area contributed by atoms with Crippen LogP contribution in [-0.2, 0) is 4.79 Å². The maximum atomic E-state index is 12.1. The lowest BCUT2D eigenvalue weighted by molar-refractivity contribution is -0.131. The van der Waals surface area contributed by atoms with Gasteiger partial charge in [-0.3, -0.25) is 4.79 Å². The van der Waals surface area contributed by atoms with E-state index in [0.29, 0.717) is 10.8 Å². The second-order valence-electron chi connectivity index (χ2n) is 4.36.